The highest BCUT2D eigenvalue weighted by Gasteiger charge is 2.53. The van der Waals surface area contributed by atoms with Crippen LogP contribution < -0.4 is 5.32 Å². The fraction of sp³-hybridized carbons (Fsp3) is 0.776. The number of allylic oxidation sites excluding steroid dienone is 13. The van der Waals surface area contributed by atoms with Crippen LogP contribution in [0.5, 0.6) is 0 Å². The van der Waals surface area contributed by atoms with Crippen LogP contribution in [-0.2, 0) is 33.2 Å². The zero-order valence-electron chi connectivity index (χ0n) is 52.0. The van der Waals surface area contributed by atoms with Crippen molar-refractivity contribution in [3.8, 4) is 0 Å². The summed E-state index contributed by atoms with van der Waals surface area (Å²) in [7, 11) is 0. The predicted molar refractivity (Wildman–Crippen MR) is 332 cm³/mol. The van der Waals surface area contributed by atoms with Crippen LogP contribution in [0.1, 0.15) is 200 Å². The van der Waals surface area contributed by atoms with Gasteiger partial charge >= 0.3 is 0 Å². The SMILES string of the molecule is CC/C=C\C/C=C\C/C=C\C/C=C\C/C=C\C/C=C\CCCCCCCCCCCCC(=O)NC(COC1OC(CO)C(OC2OC(CO)C(OC3OC(CO)C(O)C(O)C3O)C(O)C2O)C(O)C1O)C(O)/C=C/CCCCCCCCCCCC. The van der Waals surface area contributed by atoms with E-state index in [-0.39, 0.29) is 18.9 Å². The van der Waals surface area contributed by atoms with Gasteiger partial charge in [0, 0.05) is 6.42 Å². The third-order valence-corrected chi connectivity index (χ3v) is 15.9. The van der Waals surface area contributed by atoms with Crippen molar-refractivity contribution in [2.75, 3.05) is 26.4 Å². The lowest BCUT2D eigenvalue weighted by Crippen LogP contribution is -2.66. The molecule has 0 aromatic rings. The largest absolute Gasteiger partial charge is 0.394 e. The van der Waals surface area contributed by atoms with Crippen molar-refractivity contribution < 1.29 is 89.4 Å². The molecule has 12 N–H and O–H groups in total. The number of aliphatic hydroxyl groups is 11. The highest BCUT2D eigenvalue weighted by molar-refractivity contribution is 5.76. The maximum Gasteiger partial charge on any atom is 0.220 e. The summed E-state index contributed by atoms with van der Waals surface area (Å²) >= 11 is 0. The number of rotatable bonds is 48. The minimum absolute atomic E-state index is 0.233. The van der Waals surface area contributed by atoms with Gasteiger partial charge in [-0.25, -0.2) is 0 Å². The number of carbonyl (C=O) groups excluding carboxylic acids is 1. The minimum Gasteiger partial charge on any atom is -0.394 e. The smallest absolute Gasteiger partial charge is 0.220 e. The Labute approximate surface area is 514 Å². The molecule has 0 aromatic carbocycles. The van der Waals surface area contributed by atoms with Crippen LogP contribution in [0, 0.1) is 0 Å². The molecule has 0 saturated carbocycles. The molecule has 0 aromatic heterocycles. The van der Waals surface area contributed by atoms with Crippen LogP contribution in [0.2, 0.25) is 0 Å². The molecule has 19 heteroatoms. The van der Waals surface area contributed by atoms with Gasteiger partial charge in [0.25, 0.3) is 0 Å². The quantitative estimate of drug-likeness (QED) is 0.0207. The predicted octanol–water partition coefficient (Wildman–Crippen LogP) is 7.54. The standard InChI is InChI=1S/C67H115NO18/c1-3-5-7-9-11-13-15-17-18-19-20-21-22-23-24-25-26-27-28-29-30-31-32-33-35-37-39-41-43-45-55(73)68-50(51(72)44-42-40-38-36-34-16-14-12-10-8-6-4-2)49-81-65-61(79)58(76)63(53(47-70)83-65)86-67-62(80)59(77)64(54(48-71)84-67)85-66-60(78)57(75)56(74)52(46-69)82-66/h5,7,11,13,17-18,20-21,23-24,26-27,42,44,50-54,56-67,69-72,74-80H,3-4,6,8-10,12,14-16,19,22,25,28-41,43,45-49H2,1-2H3,(H,68,73)/b7-5-,13-11-,18-17-,21-20-,24-23-,27-26-,44-42+. The fourth-order valence-electron chi connectivity index (χ4n) is 10.6. The van der Waals surface area contributed by atoms with E-state index in [0.29, 0.717) is 6.42 Å². The van der Waals surface area contributed by atoms with Crippen molar-refractivity contribution in [3.63, 3.8) is 0 Å². The fourth-order valence-corrected chi connectivity index (χ4v) is 10.6. The Morgan fingerprint density at radius 3 is 1.26 bits per heavy atom. The Morgan fingerprint density at radius 2 is 0.802 bits per heavy atom. The normalized spacial score (nSPS) is 29.3. The first-order valence-corrected chi connectivity index (χ1v) is 32.8. The summed E-state index contributed by atoms with van der Waals surface area (Å²) in [5.41, 5.74) is 0. The van der Waals surface area contributed by atoms with E-state index in [4.69, 9.17) is 28.4 Å². The van der Waals surface area contributed by atoms with E-state index in [1.165, 1.54) is 77.0 Å². The number of aliphatic hydroxyl groups excluding tert-OH is 11. The Morgan fingerprint density at radius 1 is 0.430 bits per heavy atom. The zero-order valence-corrected chi connectivity index (χ0v) is 52.0. The lowest BCUT2D eigenvalue weighted by molar-refractivity contribution is -0.379. The van der Waals surface area contributed by atoms with Crippen molar-refractivity contribution in [2.24, 2.45) is 0 Å². The first-order valence-electron chi connectivity index (χ1n) is 32.8. The van der Waals surface area contributed by atoms with E-state index >= 15 is 0 Å². The number of amides is 1. The number of carbonyl (C=O) groups is 1. The third kappa shape index (κ3) is 31.1. The molecule has 3 heterocycles. The van der Waals surface area contributed by atoms with Gasteiger partial charge in [-0.1, -0.05) is 208 Å². The second-order valence-electron chi connectivity index (χ2n) is 23.2. The van der Waals surface area contributed by atoms with Crippen molar-refractivity contribution in [3.05, 3.63) is 85.1 Å². The average molecular weight is 1220 g/mol. The van der Waals surface area contributed by atoms with Gasteiger partial charge in [-0.05, 0) is 70.6 Å². The van der Waals surface area contributed by atoms with Crippen molar-refractivity contribution >= 4 is 5.91 Å². The summed E-state index contributed by atoms with van der Waals surface area (Å²) in [5.74, 6) is -0.285. The minimum atomic E-state index is -1.98. The molecule has 496 valence electrons. The zero-order chi connectivity index (χ0) is 62.6. The van der Waals surface area contributed by atoms with Crippen LogP contribution in [0.15, 0.2) is 85.1 Å². The Balaban J connectivity index is 1.41. The molecule has 3 aliphatic rings. The molecule has 17 atom stereocenters. The lowest BCUT2D eigenvalue weighted by atomic mass is 9.96. The van der Waals surface area contributed by atoms with Gasteiger partial charge in [0.15, 0.2) is 18.9 Å². The number of hydrogen-bond acceptors (Lipinski definition) is 18. The number of unbranched alkanes of at least 4 members (excludes halogenated alkanes) is 20. The van der Waals surface area contributed by atoms with E-state index in [9.17, 15) is 61.0 Å². The molecular formula is C67H115NO18. The number of ether oxygens (including phenoxy) is 6. The molecule has 19 nitrogen and oxygen atoms in total. The topological polar surface area (TPSA) is 307 Å². The summed E-state index contributed by atoms with van der Waals surface area (Å²) in [4.78, 5) is 13.4. The highest BCUT2D eigenvalue weighted by Crippen LogP contribution is 2.33. The average Bonchev–Trinajstić information content (AvgIpc) is 2.62. The summed E-state index contributed by atoms with van der Waals surface area (Å²) in [6, 6.07) is -0.979. The van der Waals surface area contributed by atoms with Gasteiger partial charge in [-0.3, -0.25) is 4.79 Å². The summed E-state index contributed by atoms with van der Waals surface area (Å²) < 4.78 is 34.3. The van der Waals surface area contributed by atoms with Crippen LogP contribution in [0.4, 0.5) is 0 Å². The highest BCUT2D eigenvalue weighted by atomic mass is 16.8. The lowest BCUT2D eigenvalue weighted by Gasteiger charge is -2.48. The molecule has 17 unspecified atom stereocenters. The van der Waals surface area contributed by atoms with Crippen LogP contribution in [0.25, 0.3) is 0 Å². The van der Waals surface area contributed by atoms with Crippen molar-refractivity contribution in [1.29, 1.82) is 0 Å². The number of hydrogen-bond donors (Lipinski definition) is 12. The van der Waals surface area contributed by atoms with Gasteiger partial charge in [-0.2, -0.15) is 0 Å². The Hall–Kier alpha value is -3.03. The third-order valence-electron chi connectivity index (χ3n) is 15.9. The van der Waals surface area contributed by atoms with E-state index in [2.05, 4.69) is 92.1 Å². The molecule has 0 aliphatic carbocycles. The van der Waals surface area contributed by atoms with Crippen LogP contribution >= 0.6 is 0 Å². The maximum atomic E-state index is 13.4. The van der Waals surface area contributed by atoms with Crippen molar-refractivity contribution in [1.82, 2.24) is 5.32 Å². The Kier molecular flexibility index (Phi) is 43.8. The van der Waals surface area contributed by atoms with Gasteiger partial charge in [0.2, 0.25) is 5.91 Å². The molecule has 1 amide bonds. The first-order chi connectivity index (χ1) is 41.8. The summed E-state index contributed by atoms with van der Waals surface area (Å²) in [6.07, 6.45) is 34.2. The van der Waals surface area contributed by atoms with E-state index < -0.39 is 124 Å². The molecule has 0 spiro atoms. The van der Waals surface area contributed by atoms with Gasteiger partial charge < -0.3 is 89.9 Å². The molecular weight excluding hydrogens is 1110 g/mol. The van der Waals surface area contributed by atoms with Gasteiger partial charge in [0.1, 0.15) is 73.2 Å². The van der Waals surface area contributed by atoms with E-state index in [1.807, 2.05) is 6.08 Å². The molecule has 0 bridgehead atoms. The van der Waals surface area contributed by atoms with Crippen molar-refractivity contribution in [2.45, 2.75) is 304 Å². The van der Waals surface area contributed by atoms with E-state index in [1.54, 1.807) is 6.08 Å². The molecule has 3 fully saturated rings. The van der Waals surface area contributed by atoms with E-state index in [0.717, 1.165) is 96.3 Å². The van der Waals surface area contributed by atoms with Gasteiger partial charge in [-0.15, -0.1) is 0 Å². The van der Waals surface area contributed by atoms with Crippen LogP contribution in [-0.4, -0.2) is 193 Å². The summed E-state index contributed by atoms with van der Waals surface area (Å²) in [5, 5.41) is 120. The number of nitrogens with one attached hydrogen (secondary N) is 1. The molecule has 3 saturated heterocycles. The van der Waals surface area contributed by atoms with Gasteiger partial charge in [0.05, 0.1) is 38.6 Å². The molecule has 0 radical (unpaired) electrons. The summed E-state index contributed by atoms with van der Waals surface area (Å²) in [6.45, 7) is 1.58. The second-order valence-corrected chi connectivity index (χ2v) is 23.2. The molecule has 3 aliphatic heterocycles. The molecule has 3 rings (SSSR count). The first kappa shape index (κ1) is 77.2. The molecule has 86 heavy (non-hydrogen) atoms. The Bertz CT molecular complexity index is 1890. The monoisotopic (exact) mass is 1220 g/mol. The van der Waals surface area contributed by atoms with Crippen LogP contribution in [0.3, 0.4) is 0 Å². The maximum absolute atomic E-state index is 13.4. The second kappa shape index (κ2) is 48.8.